The van der Waals surface area contributed by atoms with Crippen molar-refractivity contribution in [3.8, 4) is 17.2 Å². The average Bonchev–Trinajstić information content (AvgIpc) is 3.09. The van der Waals surface area contributed by atoms with Crippen LogP contribution in [0.4, 0.5) is 0 Å². The highest BCUT2D eigenvalue weighted by Crippen LogP contribution is 2.42. The van der Waals surface area contributed by atoms with E-state index in [2.05, 4.69) is 0 Å². The van der Waals surface area contributed by atoms with Crippen LogP contribution in [-0.2, 0) is 14.3 Å². The number of Topliss-reactive ketones (excluding diaryl/α,β-unsaturated/α-hetero) is 1. The van der Waals surface area contributed by atoms with Gasteiger partial charge in [-0.15, -0.1) is 0 Å². The first-order valence-electron chi connectivity index (χ1n) is 11.9. The van der Waals surface area contributed by atoms with E-state index in [0.717, 1.165) is 0 Å². The van der Waals surface area contributed by atoms with Crippen molar-refractivity contribution < 1.29 is 33.6 Å². The van der Waals surface area contributed by atoms with Crippen molar-refractivity contribution in [2.75, 3.05) is 33.5 Å². The number of rotatable bonds is 11. The number of aliphatic hydroxyl groups excluding tert-OH is 1. The lowest BCUT2D eigenvalue weighted by molar-refractivity contribution is -0.140. The minimum absolute atomic E-state index is 0.0409. The molecular formula is C27H32ClNO7. The summed E-state index contributed by atoms with van der Waals surface area (Å²) in [7, 11) is 1.51. The molecule has 0 aliphatic carbocycles. The molecule has 0 radical (unpaired) electrons. The first kappa shape index (κ1) is 27.4. The molecule has 1 N–H and O–H groups in total. The Bertz CT molecular complexity index is 1140. The number of amides is 1. The van der Waals surface area contributed by atoms with Crippen LogP contribution in [-0.4, -0.2) is 61.3 Å². The van der Waals surface area contributed by atoms with E-state index in [0.29, 0.717) is 46.6 Å². The molecule has 9 heteroatoms. The van der Waals surface area contributed by atoms with Gasteiger partial charge in [0.2, 0.25) is 0 Å². The van der Waals surface area contributed by atoms with Crippen molar-refractivity contribution in [1.29, 1.82) is 0 Å². The Morgan fingerprint density at radius 2 is 1.72 bits per heavy atom. The van der Waals surface area contributed by atoms with Crippen molar-refractivity contribution in [3.05, 3.63) is 58.1 Å². The number of methoxy groups -OCH3 is 1. The Morgan fingerprint density at radius 1 is 1.03 bits per heavy atom. The minimum atomic E-state index is -0.862. The summed E-state index contributed by atoms with van der Waals surface area (Å²) < 4.78 is 22.4. The van der Waals surface area contributed by atoms with Gasteiger partial charge in [-0.2, -0.15) is 0 Å². The van der Waals surface area contributed by atoms with E-state index < -0.39 is 17.7 Å². The zero-order valence-electron chi connectivity index (χ0n) is 21.2. The van der Waals surface area contributed by atoms with Crippen LogP contribution in [0.25, 0.3) is 5.76 Å². The number of nitrogens with zero attached hydrogens (tertiary/aromatic N) is 1. The monoisotopic (exact) mass is 517 g/mol. The number of carbonyl (C=O) groups is 2. The van der Waals surface area contributed by atoms with E-state index in [1.807, 2.05) is 27.7 Å². The Morgan fingerprint density at radius 3 is 2.36 bits per heavy atom. The summed E-state index contributed by atoms with van der Waals surface area (Å²) in [6, 6.07) is 9.07. The number of ether oxygens (including phenoxy) is 4. The molecule has 2 aromatic carbocycles. The molecule has 1 atom stereocenters. The van der Waals surface area contributed by atoms with E-state index in [-0.39, 0.29) is 30.6 Å². The maximum Gasteiger partial charge on any atom is 0.295 e. The van der Waals surface area contributed by atoms with Crippen LogP contribution in [0.5, 0.6) is 17.2 Å². The predicted molar refractivity (Wildman–Crippen MR) is 137 cm³/mol. The summed E-state index contributed by atoms with van der Waals surface area (Å²) in [5.41, 5.74) is 0.855. The van der Waals surface area contributed by atoms with Gasteiger partial charge in [0.1, 0.15) is 11.5 Å². The second kappa shape index (κ2) is 12.1. The summed E-state index contributed by atoms with van der Waals surface area (Å²) in [5, 5.41) is 11.7. The summed E-state index contributed by atoms with van der Waals surface area (Å²) in [5.74, 6) is -0.451. The molecule has 8 nitrogen and oxygen atoms in total. The Balaban J connectivity index is 2.19. The van der Waals surface area contributed by atoms with E-state index in [1.165, 1.54) is 12.0 Å². The van der Waals surface area contributed by atoms with Crippen LogP contribution in [0.1, 0.15) is 44.9 Å². The molecule has 0 saturated carbocycles. The number of aliphatic hydroxyl groups is 1. The number of benzene rings is 2. The number of hydrogen-bond donors (Lipinski definition) is 1. The Hall–Kier alpha value is -3.23. The molecule has 0 spiro atoms. The van der Waals surface area contributed by atoms with Crippen molar-refractivity contribution >= 4 is 29.1 Å². The molecule has 2 aromatic rings. The van der Waals surface area contributed by atoms with E-state index in [4.69, 9.17) is 30.5 Å². The smallest absolute Gasteiger partial charge is 0.295 e. The van der Waals surface area contributed by atoms with Gasteiger partial charge in [0.05, 0.1) is 42.6 Å². The molecule has 0 bridgehead atoms. The lowest BCUT2D eigenvalue weighted by atomic mass is 9.95. The van der Waals surface area contributed by atoms with Crippen molar-refractivity contribution in [2.24, 2.45) is 0 Å². The van der Waals surface area contributed by atoms with Gasteiger partial charge in [-0.3, -0.25) is 9.59 Å². The highest BCUT2D eigenvalue weighted by atomic mass is 35.5. The molecule has 1 saturated heterocycles. The second-order valence-corrected chi connectivity index (χ2v) is 8.78. The van der Waals surface area contributed by atoms with E-state index >= 15 is 0 Å². The molecule has 0 aromatic heterocycles. The predicted octanol–water partition coefficient (Wildman–Crippen LogP) is 4.99. The van der Waals surface area contributed by atoms with Crippen LogP contribution < -0.4 is 14.2 Å². The van der Waals surface area contributed by atoms with Crippen LogP contribution in [0.3, 0.4) is 0 Å². The van der Waals surface area contributed by atoms with Crippen LogP contribution >= 0.6 is 11.6 Å². The normalized spacial score (nSPS) is 17.1. The molecule has 1 unspecified atom stereocenters. The molecule has 1 fully saturated rings. The van der Waals surface area contributed by atoms with Crippen LogP contribution in [0.15, 0.2) is 42.0 Å². The molecule has 1 amide bonds. The standard InChI is InChI=1S/C27H32ClNO7/c1-6-34-21-15-18(8-10-19(21)28)25(30)23-24(29(12-13-33-5)27(32)26(23)31)17-9-11-20(36-16(3)4)22(14-17)35-7-2/h8-11,14-16,24,30H,6-7,12-13H2,1-5H3/b25-23-. The number of halogens is 1. The summed E-state index contributed by atoms with van der Waals surface area (Å²) in [6.07, 6.45) is -0.0770. The summed E-state index contributed by atoms with van der Waals surface area (Å²) in [4.78, 5) is 27.7. The largest absolute Gasteiger partial charge is 0.507 e. The maximum atomic E-state index is 13.2. The fraction of sp³-hybridized carbons (Fsp3) is 0.407. The van der Waals surface area contributed by atoms with Gasteiger partial charge >= 0.3 is 0 Å². The molecule has 1 aliphatic heterocycles. The quantitative estimate of drug-likeness (QED) is 0.255. The van der Waals surface area contributed by atoms with Gasteiger partial charge in [-0.1, -0.05) is 17.7 Å². The van der Waals surface area contributed by atoms with Gasteiger partial charge in [0.25, 0.3) is 11.7 Å². The number of ketones is 1. The first-order chi connectivity index (χ1) is 17.2. The minimum Gasteiger partial charge on any atom is -0.507 e. The number of hydrogen-bond acceptors (Lipinski definition) is 7. The lowest BCUT2D eigenvalue weighted by Crippen LogP contribution is -2.32. The summed E-state index contributed by atoms with van der Waals surface area (Å²) >= 11 is 6.20. The maximum absolute atomic E-state index is 13.2. The third kappa shape index (κ3) is 5.77. The molecular weight excluding hydrogens is 486 g/mol. The second-order valence-electron chi connectivity index (χ2n) is 8.37. The SMILES string of the molecule is CCOc1cc(/C(O)=C2/C(=O)C(=O)N(CCOC)C2c2ccc(OC(C)C)c(OCC)c2)ccc1Cl. The van der Waals surface area contributed by atoms with Gasteiger partial charge in [0.15, 0.2) is 11.5 Å². The lowest BCUT2D eigenvalue weighted by Gasteiger charge is -2.26. The molecule has 194 valence electrons. The van der Waals surface area contributed by atoms with Gasteiger partial charge in [-0.25, -0.2) is 0 Å². The van der Waals surface area contributed by atoms with Gasteiger partial charge in [-0.05, 0) is 63.6 Å². The zero-order chi connectivity index (χ0) is 26.4. The number of likely N-dealkylation sites (tertiary alicyclic amines) is 1. The topological polar surface area (TPSA) is 94.5 Å². The fourth-order valence-corrected chi connectivity index (χ4v) is 4.21. The van der Waals surface area contributed by atoms with E-state index in [1.54, 1.807) is 36.4 Å². The molecule has 3 rings (SSSR count). The Kier molecular flexibility index (Phi) is 9.23. The first-order valence-corrected chi connectivity index (χ1v) is 12.2. The highest BCUT2D eigenvalue weighted by Gasteiger charge is 2.46. The van der Waals surface area contributed by atoms with Crippen molar-refractivity contribution in [2.45, 2.75) is 39.8 Å². The molecule has 1 aliphatic rings. The molecule has 36 heavy (non-hydrogen) atoms. The van der Waals surface area contributed by atoms with Crippen LogP contribution in [0.2, 0.25) is 5.02 Å². The number of carbonyl (C=O) groups excluding carboxylic acids is 2. The third-order valence-electron chi connectivity index (χ3n) is 5.53. The van der Waals surface area contributed by atoms with Gasteiger partial charge < -0.3 is 29.0 Å². The third-order valence-corrected chi connectivity index (χ3v) is 5.84. The van der Waals surface area contributed by atoms with Crippen molar-refractivity contribution in [3.63, 3.8) is 0 Å². The summed E-state index contributed by atoms with van der Waals surface area (Å²) in [6.45, 7) is 8.62. The van der Waals surface area contributed by atoms with Crippen molar-refractivity contribution in [1.82, 2.24) is 4.90 Å². The van der Waals surface area contributed by atoms with Crippen LogP contribution in [0, 0.1) is 0 Å². The fourth-order valence-electron chi connectivity index (χ4n) is 4.03. The van der Waals surface area contributed by atoms with Gasteiger partial charge in [0, 0.05) is 19.2 Å². The van der Waals surface area contributed by atoms with E-state index in [9.17, 15) is 14.7 Å². The Labute approximate surface area is 216 Å². The molecule has 1 heterocycles. The average molecular weight is 518 g/mol. The zero-order valence-corrected chi connectivity index (χ0v) is 21.9. The highest BCUT2D eigenvalue weighted by molar-refractivity contribution is 6.46.